The molecule has 2 aliphatic heterocycles. The molecule has 5 fully saturated rings. The Bertz CT molecular complexity index is 1050. The number of rotatable bonds is 6. The van der Waals surface area contributed by atoms with Crippen LogP contribution in [0.3, 0.4) is 0 Å². The van der Waals surface area contributed by atoms with Gasteiger partial charge in [0.15, 0.2) is 0 Å². The van der Waals surface area contributed by atoms with Crippen molar-refractivity contribution in [2.75, 3.05) is 13.2 Å². The highest BCUT2D eigenvalue weighted by atomic mass is 16.7. The maximum Gasteiger partial charge on any atom is 0.482 e. The third kappa shape index (κ3) is 5.80. The van der Waals surface area contributed by atoms with Gasteiger partial charge in [0.05, 0.1) is 23.7 Å². The van der Waals surface area contributed by atoms with Crippen LogP contribution < -0.4 is 5.32 Å². The van der Waals surface area contributed by atoms with Crippen LogP contribution in [-0.2, 0) is 25.2 Å². The van der Waals surface area contributed by atoms with E-state index in [9.17, 15) is 9.59 Å². The first kappa shape index (κ1) is 28.3. The van der Waals surface area contributed by atoms with Gasteiger partial charge in [-0.2, -0.15) is 0 Å². The van der Waals surface area contributed by atoms with E-state index in [1.807, 2.05) is 51.1 Å². The van der Waals surface area contributed by atoms with E-state index in [1.165, 1.54) is 6.42 Å². The third-order valence-electron chi connectivity index (χ3n) is 9.56. The molecule has 5 aliphatic rings. The minimum absolute atomic E-state index is 0.0278. The van der Waals surface area contributed by atoms with Gasteiger partial charge >= 0.3 is 19.3 Å². The summed E-state index contributed by atoms with van der Waals surface area (Å²) in [5.41, 5.74) is 0.389. The number of ether oxygens (including phenoxy) is 2. The fraction of sp³-hybridized carbons (Fsp3) is 0.733. The molecule has 0 spiro atoms. The third-order valence-corrected chi connectivity index (χ3v) is 9.56. The van der Waals surface area contributed by atoms with Gasteiger partial charge in [0.25, 0.3) is 0 Å². The van der Waals surface area contributed by atoms with Crippen LogP contribution in [0.1, 0.15) is 79.2 Å². The Labute approximate surface area is 233 Å². The Balaban J connectivity index is 1.24. The lowest BCUT2D eigenvalue weighted by atomic mass is 9.43. The number of nitrogens with zero attached hydrogens (tertiary/aromatic N) is 1. The molecule has 1 N–H and O–H groups in total. The standard InChI is InChI=1S/C30H45BN2O6/c1-28(2,3)37-27(35)33-15-11-10-14-22(33)19-36-26(34)32-25(16-20-12-8-7-9-13-20)31-38-24-18-21-17-23(29(21,4)5)30(24,6)39-31/h7-9,12-13,21-25H,10-11,14-19H2,1-6H3,(H,32,34)/t21-,22+,23-,24+,25-,30-/m0/s1. The van der Waals surface area contributed by atoms with Crippen molar-refractivity contribution >= 4 is 19.3 Å². The molecule has 214 valence electrons. The number of benzene rings is 1. The summed E-state index contributed by atoms with van der Waals surface area (Å²) in [5.74, 6) is 0.681. The predicted octanol–water partition coefficient (Wildman–Crippen LogP) is 5.38. The molecular weight excluding hydrogens is 495 g/mol. The number of alkyl carbamates (subject to hydrolysis) is 1. The molecule has 0 aromatic heterocycles. The predicted molar refractivity (Wildman–Crippen MR) is 149 cm³/mol. The Morgan fingerprint density at radius 1 is 1.15 bits per heavy atom. The van der Waals surface area contributed by atoms with E-state index < -0.39 is 24.8 Å². The van der Waals surface area contributed by atoms with Crippen LogP contribution in [0.15, 0.2) is 30.3 Å². The first-order valence-electron chi connectivity index (χ1n) is 14.7. The molecule has 1 aromatic rings. The Morgan fingerprint density at radius 3 is 2.59 bits per heavy atom. The summed E-state index contributed by atoms with van der Waals surface area (Å²) in [5, 5.41) is 3.06. The second kappa shape index (κ2) is 10.6. The summed E-state index contributed by atoms with van der Waals surface area (Å²) in [4.78, 5) is 27.6. The fourth-order valence-electron chi connectivity index (χ4n) is 7.25. The highest BCUT2D eigenvalue weighted by molar-refractivity contribution is 6.47. The molecule has 39 heavy (non-hydrogen) atoms. The molecule has 1 aromatic carbocycles. The summed E-state index contributed by atoms with van der Waals surface area (Å²) < 4.78 is 24.5. The molecule has 2 saturated heterocycles. The van der Waals surface area contributed by atoms with Gasteiger partial charge in [-0.15, -0.1) is 0 Å². The molecule has 2 bridgehead atoms. The molecule has 8 nitrogen and oxygen atoms in total. The van der Waals surface area contributed by atoms with E-state index in [-0.39, 0.29) is 35.9 Å². The van der Waals surface area contributed by atoms with E-state index in [2.05, 4.69) is 26.1 Å². The van der Waals surface area contributed by atoms with Crippen LogP contribution in [0.4, 0.5) is 9.59 Å². The first-order chi connectivity index (χ1) is 18.4. The van der Waals surface area contributed by atoms with Crippen molar-refractivity contribution in [3.63, 3.8) is 0 Å². The van der Waals surface area contributed by atoms with Crippen molar-refractivity contribution in [1.29, 1.82) is 0 Å². The Hall–Kier alpha value is -2.26. The maximum atomic E-state index is 13.1. The average Bonchev–Trinajstić information content (AvgIpc) is 3.24. The zero-order valence-corrected chi connectivity index (χ0v) is 24.4. The molecule has 3 aliphatic carbocycles. The molecule has 0 radical (unpaired) electrons. The lowest BCUT2D eigenvalue weighted by Gasteiger charge is -2.64. The number of carbonyl (C=O) groups excluding carboxylic acids is 2. The van der Waals surface area contributed by atoms with Crippen LogP contribution in [0, 0.1) is 17.3 Å². The van der Waals surface area contributed by atoms with Gasteiger partial charge in [-0.3, -0.25) is 0 Å². The normalized spacial score (nSPS) is 32.1. The minimum Gasteiger partial charge on any atom is -0.447 e. The monoisotopic (exact) mass is 540 g/mol. The van der Waals surface area contributed by atoms with Crippen molar-refractivity contribution < 1.29 is 28.4 Å². The van der Waals surface area contributed by atoms with Gasteiger partial charge in [-0.1, -0.05) is 44.2 Å². The summed E-state index contributed by atoms with van der Waals surface area (Å²) in [6.07, 6.45) is 4.53. The molecule has 6 rings (SSSR count). The van der Waals surface area contributed by atoms with Gasteiger partial charge in [0.1, 0.15) is 12.2 Å². The molecular formula is C30H45BN2O6. The lowest BCUT2D eigenvalue weighted by molar-refractivity contribution is -0.199. The Morgan fingerprint density at radius 2 is 1.90 bits per heavy atom. The van der Waals surface area contributed by atoms with Crippen LogP contribution in [-0.4, -0.2) is 66.6 Å². The number of carbonyl (C=O) groups is 2. The summed E-state index contributed by atoms with van der Waals surface area (Å²) in [6.45, 7) is 13.2. The average molecular weight is 541 g/mol. The molecule has 2 heterocycles. The highest BCUT2D eigenvalue weighted by Crippen LogP contribution is 2.65. The minimum atomic E-state index is -0.577. The van der Waals surface area contributed by atoms with Crippen LogP contribution >= 0.6 is 0 Å². The van der Waals surface area contributed by atoms with E-state index in [0.717, 1.165) is 31.2 Å². The second-order valence-corrected chi connectivity index (χ2v) is 13.7. The van der Waals surface area contributed by atoms with E-state index in [4.69, 9.17) is 18.8 Å². The zero-order chi connectivity index (χ0) is 28.0. The largest absolute Gasteiger partial charge is 0.482 e. The molecule has 0 unspecified atom stereocenters. The first-order valence-corrected chi connectivity index (χ1v) is 14.7. The van der Waals surface area contributed by atoms with Gasteiger partial charge in [0, 0.05) is 6.54 Å². The zero-order valence-electron chi connectivity index (χ0n) is 24.4. The summed E-state index contributed by atoms with van der Waals surface area (Å²) >= 11 is 0. The van der Waals surface area contributed by atoms with E-state index >= 15 is 0 Å². The van der Waals surface area contributed by atoms with Gasteiger partial charge in [-0.25, -0.2) is 9.59 Å². The van der Waals surface area contributed by atoms with Crippen molar-refractivity contribution in [3.8, 4) is 0 Å². The maximum absolute atomic E-state index is 13.1. The van der Waals surface area contributed by atoms with Gasteiger partial charge in [-0.05, 0) is 89.0 Å². The highest BCUT2D eigenvalue weighted by Gasteiger charge is 2.68. The fourth-order valence-corrected chi connectivity index (χ4v) is 7.25. The van der Waals surface area contributed by atoms with E-state index in [0.29, 0.717) is 24.8 Å². The number of nitrogens with one attached hydrogen (secondary N) is 1. The van der Waals surface area contributed by atoms with Gasteiger partial charge < -0.3 is 29.0 Å². The van der Waals surface area contributed by atoms with Crippen molar-refractivity contribution in [2.24, 2.45) is 17.3 Å². The van der Waals surface area contributed by atoms with Crippen molar-refractivity contribution in [1.82, 2.24) is 10.2 Å². The number of likely N-dealkylation sites (tertiary alicyclic amines) is 1. The summed E-state index contributed by atoms with van der Waals surface area (Å²) in [6, 6.07) is 9.85. The van der Waals surface area contributed by atoms with Crippen molar-refractivity contribution in [2.45, 2.75) is 109 Å². The topological polar surface area (TPSA) is 86.3 Å². The number of hydrogen-bond donors (Lipinski definition) is 1. The number of hydrogen-bond acceptors (Lipinski definition) is 6. The smallest absolute Gasteiger partial charge is 0.447 e. The second-order valence-electron chi connectivity index (χ2n) is 13.7. The Kier molecular flexibility index (Phi) is 7.70. The van der Waals surface area contributed by atoms with Crippen LogP contribution in [0.2, 0.25) is 0 Å². The van der Waals surface area contributed by atoms with Gasteiger partial charge in [0.2, 0.25) is 0 Å². The van der Waals surface area contributed by atoms with Crippen molar-refractivity contribution in [3.05, 3.63) is 35.9 Å². The van der Waals surface area contributed by atoms with Crippen LogP contribution in [0.5, 0.6) is 0 Å². The van der Waals surface area contributed by atoms with E-state index in [1.54, 1.807) is 4.90 Å². The molecule has 6 atom stereocenters. The molecule has 2 amide bonds. The number of piperidine rings is 1. The molecule has 9 heteroatoms. The van der Waals surface area contributed by atoms with Crippen LogP contribution in [0.25, 0.3) is 0 Å². The summed E-state index contributed by atoms with van der Waals surface area (Å²) in [7, 11) is -0.559. The number of amides is 2. The molecule has 3 saturated carbocycles. The quantitative estimate of drug-likeness (QED) is 0.488. The lowest BCUT2D eigenvalue weighted by Crippen LogP contribution is -2.65. The SMILES string of the molecule is CC(C)(C)OC(=O)N1CCCC[C@@H]1COC(=O)N[C@@H](Cc1ccccc1)B1O[C@@H]2C[C@@H]3C[C@@H](C3(C)C)[C@]2(C)O1.